The summed E-state index contributed by atoms with van der Waals surface area (Å²) in [6.45, 7) is 6.57. The molecule has 0 aliphatic rings. The summed E-state index contributed by atoms with van der Waals surface area (Å²) in [5.41, 5.74) is 10.9. The highest BCUT2D eigenvalue weighted by Gasteiger charge is 2.26. The van der Waals surface area contributed by atoms with Gasteiger partial charge in [0.1, 0.15) is 12.7 Å². The zero-order valence-corrected chi connectivity index (χ0v) is 17.6. The highest BCUT2D eigenvalue weighted by atomic mass is 15.2. The number of hydrogen-bond acceptors (Lipinski definition) is 1. The molecule has 0 atom stereocenters. The molecule has 3 heterocycles. The summed E-state index contributed by atoms with van der Waals surface area (Å²) in [5, 5.41) is 0. The predicted octanol–water partition coefficient (Wildman–Crippen LogP) is 4.91. The Kier molecular flexibility index (Phi) is 3.85. The van der Waals surface area contributed by atoms with Gasteiger partial charge < -0.3 is 4.57 Å². The van der Waals surface area contributed by atoms with Gasteiger partial charge in [-0.25, -0.2) is 4.98 Å². The van der Waals surface area contributed by atoms with E-state index in [1.165, 1.54) is 33.6 Å². The van der Waals surface area contributed by atoms with Crippen molar-refractivity contribution >= 4 is 16.8 Å². The first kappa shape index (κ1) is 17.7. The molecule has 0 radical (unpaired) electrons. The molecule has 144 valence electrons. The van der Waals surface area contributed by atoms with Crippen LogP contribution in [0.25, 0.3) is 39.5 Å². The molecule has 29 heavy (non-hydrogen) atoms. The van der Waals surface area contributed by atoms with Crippen LogP contribution in [0.3, 0.4) is 0 Å². The van der Waals surface area contributed by atoms with E-state index < -0.39 is 0 Å². The molecule has 5 rings (SSSR count). The van der Waals surface area contributed by atoms with E-state index >= 15 is 0 Å². The molecule has 0 fully saturated rings. The van der Waals surface area contributed by atoms with Gasteiger partial charge in [-0.2, -0.15) is 4.57 Å². The molecule has 0 saturated heterocycles. The minimum atomic E-state index is 0.957. The molecule has 3 aromatic heterocycles. The van der Waals surface area contributed by atoms with Crippen molar-refractivity contribution in [1.82, 2.24) is 14.0 Å². The van der Waals surface area contributed by atoms with E-state index in [4.69, 9.17) is 4.98 Å². The SMILES string of the molecule is Cc1ccccc1-c1c(C)cc(C)c(-c2cn3c4ccccc4nc3n2C)[n+]1C. The summed E-state index contributed by atoms with van der Waals surface area (Å²) in [4.78, 5) is 4.85. The fourth-order valence-electron chi connectivity index (χ4n) is 4.64. The van der Waals surface area contributed by atoms with Crippen molar-refractivity contribution in [2.75, 3.05) is 0 Å². The van der Waals surface area contributed by atoms with Crippen LogP contribution in [0.15, 0.2) is 60.8 Å². The molecule has 0 bridgehead atoms. The molecule has 0 aliphatic carbocycles. The van der Waals surface area contributed by atoms with E-state index in [1.54, 1.807) is 0 Å². The standard InChI is InChI=1S/C25H25N4/c1-16-10-6-7-11-19(16)23-17(2)14-18(3)24(28(23)5)22-15-29-21-13-9-8-12-20(21)26-25(29)27(22)4/h6-15H,1-5H3/q+1. The first-order chi connectivity index (χ1) is 14.0. The van der Waals surface area contributed by atoms with Gasteiger partial charge in [-0.05, 0) is 50.6 Å². The van der Waals surface area contributed by atoms with E-state index in [2.05, 4.69) is 103 Å². The molecule has 0 saturated carbocycles. The first-order valence-corrected chi connectivity index (χ1v) is 9.96. The average molecular weight is 382 g/mol. The van der Waals surface area contributed by atoms with Crippen molar-refractivity contribution in [3.05, 3.63) is 77.5 Å². The zero-order valence-electron chi connectivity index (χ0n) is 17.6. The van der Waals surface area contributed by atoms with E-state index in [-0.39, 0.29) is 0 Å². The van der Waals surface area contributed by atoms with Gasteiger partial charge in [0, 0.05) is 29.9 Å². The van der Waals surface area contributed by atoms with E-state index in [9.17, 15) is 0 Å². The van der Waals surface area contributed by atoms with Crippen LogP contribution in [-0.2, 0) is 14.1 Å². The summed E-state index contributed by atoms with van der Waals surface area (Å²) in [6, 6.07) is 19.2. The summed E-state index contributed by atoms with van der Waals surface area (Å²) in [5.74, 6) is 0.957. The summed E-state index contributed by atoms with van der Waals surface area (Å²) < 4.78 is 6.72. The van der Waals surface area contributed by atoms with Crippen molar-refractivity contribution in [1.29, 1.82) is 0 Å². The van der Waals surface area contributed by atoms with Gasteiger partial charge in [-0.15, -0.1) is 0 Å². The monoisotopic (exact) mass is 381 g/mol. The first-order valence-electron chi connectivity index (χ1n) is 9.96. The summed E-state index contributed by atoms with van der Waals surface area (Å²) in [7, 11) is 4.27. The lowest BCUT2D eigenvalue weighted by Crippen LogP contribution is -2.36. The second-order valence-corrected chi connectivity index (χ2v) is 7.93. The number of nitrogens with zero attached hydrogens (tertiary/aromatic N) is 4. The van der Waals surface area contributed by atoms with Gasteiger partial charge in [0.25, 0.3) is 0 Å². The number of rotatable bonds is 2. The van der Waals surface area contributed by atoms with Crippen LogP contribution >= 0.6 is 0 Å². The lowest BCUT2D eigenvalue weighted by atomic mass is 9.98. The van der Waals surface area contributed by atoms with Crippen molar-refractivity contribution in [2.24, 2.45) is 14.1 Å². The number of pyridine rings is 1. The smallest absolute Gasteiger partial charge is 0.233 e. The Hall–Kier alpha value is -3.40. The Morgan fingerprint density at radius 1 is 0.828 bits per heavy atom. The maximum Gasteiger partial charge on any atom is 0.233 e. The van der Waals surface area contributed by atoms with E-state index in [1.807, 2.05) is 6.07 Å². The van der Waals surface area contributed by atoms with Crippen molar-refractivity contribution in [2.45, 2.75) is 20.8 Å². The molecule has 0 amide bonds. The van der Waals surface area contributed by atoms with E-state index in [0.717, 1.165) is 22.5 Å². The van der Waals surface area contributed by atoms with Gasteiger partial charge in [-0.1, -0.05) is 30.3 Å². The van der Waals surface area contributed by atoms with Crippen molar-refractivity contribution < 1.29 is 4.57 Å². The van der Waals surface area contributed by atoms with Gasteiger partial charge in [0.15, 0.2) is 0 Å². The fourth-order valence-corrected chi connectivity index (χ4v) is 4.64. The van der Waals surface area contributed by atoms with Crippen molar-refractivity contribution in [3.8, 4) is 22.6 Å². The maximum absolute atomic E-state index is 4.85. The van der Waals surface area contributed by atoms with Crippen LogP contribution in [0.4, 0.5) is 0 Å². The van der Waals surface area contributed by atoms with Gasteiger partial charge >= 0.3 is 0 Å². The minimum Gasteiger partial charge on any atom is -0.308 e. The topological polar surface area (TPSA) is 26.1 Å². The molecule has 2 aromatic carbocycles. The summed E-state index contributed by atoms with van der Waals surface area (Å²) >= 11 is 0. The largest absolute Gasteiger partial charge is 0.308 e. The van der Waals surface area contributed by atoms with Crippen LogP contribution in [0.5, 0.6) is 0 Å². The third kappa shape index (κ3) is 2.52. The molecule has 0 aliphatic heterocycles. The van der Waals surface area contributed by atoms with Crippen molar-refractivity contribution in [3.63, 3.8) is 0 Å². The normalized spacial score (nSPS) is 11.6. The molecule has 4 nitrogen and oxygen atoms in total. The number of benzene rings is 2. The highest BCUT2D eigenvalue weighted by molar-refractivity contribution is 5.81. The lowest BCUT2D eigenvalue weighted by Gasteiger charge is -2.13. The van der Waals surface area contributed by atoms with Gasteiger partial charge in [-0.3, -0.25) is 4.40 Å². The second kappa shape index (κ2) is 6.31. The average Bonchev–Trinajstić information content (AvgIpc) is 3.20. The Morgan fingerprint density at radius 3 is 2.31 bits per heavy atom. The minimum absolute atomic E-state index is 0.957. The molecule has 0 spiro atoms. The third-order valence-electron chi connectivity index (χ3n) is 5.98. The third-order valence-corrected chi connectivity index (χ3v) is 5.98. The Balaban J connectivity index is 1.82. The molecule has 0 unspecified atom stereocenters. The quantitative estimate of drug-likeness (QED) is 0.399. The predicted molar refractivity (Wildman–Crippen MR) is 118 cm³/mol. The second-order valence-electron chi connectivity index (χ2n) is 7.93. The Bertz CT molecular complexity index is 1400. The van der Waals surface area contributed by atoms with Crippen LogP contribution in [0.1, 0.15) is 16.7 Å². The number of hydrogen-bond donors (Lipinski definition) is 0. The van der Waals surface area contributed by atoms with Gasteiger partial charge in [0.2, 0.25) is 17.2 Å². The molecule has 0 N–H and O–H groups in total. The Labute approximate surface area is 170 Å². The van der Waals surface area contributed by atoms with Crippen LogP contribution < -0.4 is 4.57 Å². The lowest BCUT2D eigenvalue weighted by molar-refractivity contribution is -0.650. The molecule has 5 aromatic rings. The van der Waals surface area contributed by atoms with Crippen LogP contribution in [0.2, 0.25) is 0 Å². The number of fused-ring (bicyclic) bond motifs is 3. The summed E-state index contributed by atoms with van der Waals surface area (Å²) in [6.07, 6.45) is 2.21. The van der Waals surface area contributed by atoms with Crippen LogP contribution in [-0.4, -0.2) is 14.0 Å². The fraction of sp³-hybridized carbons (Fsp3) is 0.200. The maximum atomic E-state index is 4.85. The molecular weight excluding hydrogens is 356 g/mol. The zero-order chi connectivity index (χ0) is 20.3. The molecule has 4 heteroatoms. The van der Waals surface area contributed by atoms with Gasteiger partial charge in [0.05, 0.1) is 11.0 Å². The number of aryl methyl sites for hydroxylation is 4. The Morgan fingerprint density at radius 2 is 1.52 bits per heavy atom. The number of imidazole rings is 2. The highest BCUT2D eigenvalue weighted by Crippen LogP contribution is 2.30. The van der Waals surface area contributed by atoms with E-state index in [0.29, 0.717) is 0 Å². The number of para-hydroxylation sites is 2. The molecular formula is C25H25N4+. The number of aromatic nitrogens is 4. The van der Waals surface area contributed by atoms with Crippen LogP contribution in [0, 0.1) is 20.8 Å².